The predicted octanol–water partition coefficient (Wildman–Crippen LogP) is 6.11. The van der Waals surface area contributed by atoms with Crippen molar-refractivity contribution in [1.29, 1.82) is 0 Å². The second kappa shape index (κ2) is 6.25. The second-order valence-corrected chi connectivity index (χ2v) is 10.9. The van der Waals surface area contributed by atoms with Gasteiger partial charge >= 0.3 is 0 Å². The largest absolute Gasteiger partial charge is 0.0988 e. The van der Waals surface area contributed by atoms with E-state index in [1.807, 2.05) is 0 Å². The van der Waals surface area contributed by atoms with Crippen molar-refractivity contribution in [3.8, 4) is 0 Å². The standard InChI is InChI=1S/C22H28P/c1-16-17(2)19(4)22(18(16)3)15-23(5,21-13-9-10-14-21)20-11-7-6-8-12-20/h6-13,18H,14-15H2,1-5H3/q+1. The van der Waals surface area contributed by atoms with Crippen LogP contribution in [0.15, 0.2) is 76.2 Å². The molecular formula is C22H28P+. The summed E-state index contributed by atoms with van der Waals surface area (Å²) >= 11 is 0. The third-order valence-corrected chi connectivity index (χ3v) is 10.0. The fraction of sp³-hybridized carbons (Fsp3) is 0.364. The fourth-order valence-corrected chi connectivity index (χ4v) is 7.62. The van der Waals surface area contributed by atoms with Gasteiger partial charge < -0.3 is 0 Å². The summed E-state index contributed by atoms with van der Waals surface area (Å²) in [6.07, 6.45) is 9.29. The van der Waals surface area contributed by atoms with Crippen LogP contribution in [0, 0.1) is 5.92 Å². The van der Waals surface area contributed by atoms with Crippen molar-refractivity contribution >= 4 is 12.6 Å². The summed E-state index contributed by atoms with van der Waals surface area (Å²) in [5, 5.41) is 3.20. The van der Waals surface area contributed by atoms with E-state index in [4.69, 9.17) is 0 Å². The van der Waals surface area contributed by atoms with Gasteiger partial charge in [0.1, 0.15) is 0 Å². The lowest BCUT2D eigenvalue weighted by atomic mass is 10.00. The molecular weight excluding hydrogens is 295 g/mol. The van der Waals surface area contributed by atoms with Crippen LogP contribution in [0.3, 0.4) is 0 Å². The molecule has 1 aromatic carbocycles. The molecule has 0 spiro atoms. The van der Waals surface area contributed by atoms with Crippen molar-refractivity contribution in [2.75, 3.05) is 12.8 Å². The van der Waals surface area contributed by atoms with Crippen LogP contribution in [0.25, 0.3) is 0 Å². The second-order valence-electron chi connectivity index (χ2n) is 7.16. The first kappa shape index (κ1) is 16.5. The van der Waals surface area contributed by atoms with Gasteiger partial charge in [-0.05, 0) is 55.7 Å². The smallest absolute Gasteiger partial charge is 0.0767 e. The van der Waals surface area contributed by atoms with Gasteiger partial charge in [0.05, 0.1) is 30.7 Å². The van der Waals surface area contributed by atoms with Crippen LogP contribution in [-0.4, -0.2) is 12.8 Å². The van der Waals surface area contributed by atoms with Gasteiger partial charge in [0, 0.05) is 12.3 Å². The van der Waals surface area contributed by atoms with Gasteiger partial charge in [-0.1, -0.05) is 42.8 Å². The molecule has 0 aliphatic heterocycles. The molecule has 1 heteroatoms. The zero-order chi connectivity index (χ0) is 16.6. The van der Waals surface area contributed by atoms with Gasteiger partial charge in [0.2, 0.25) is 0 Å². The Morgan fingerprint density at radius 1 is 1.04 bits per heavy atom. The first-order valence-electron chi connectivity index (χ1n) is 8.60. The van der Waals surface area contributed by atoms with Crippen LogP contribution in [0.5, 0.6) is 0 Å². The van der Waals surface area contributed by atoms with E-state index in [2.05, 4.69) is 82.9 Å². The monoisotopic (exact) mass is 323 g/mol. The Bertz CT molecular complexity index is 730. The topological polar surface area (TPSA) is 0 Å². The molecule has 0 N–H and O–H groups in total. The Balaban J connectivity index is 2.02. The predicted molar refractivity (Wildman–Crippen MR) is 106 cm³/mol. The summed E-state index contributed by atoms with van der Waals surface area (Å²) in [7, 11) is -1.33. The number of hydrogen-bond acceptors (Lipinski definition) is 0. The highest BCUT2D eigenvalue weighted by atomic mass is 31.2. The molecule has 23 heavy (non-hydrogen) atoms. The van der Waals surface area contributed by atoms with Crippen molar-refractivity contribution < 1.29 is 0 Å². The van der Waals surface area contributed by atoms with Crippen LogP contribution >= 0.6 is 7.26 Å². The van der Waals surface area contributed by atoms with E-state index >= 15 is 0 Å². The lowest BCUT2D eigenvalue weighted by molar-refractivity contribution is 0.816. The van der Waals surface area contributed by atoms with Gasteiger partial charge in [0.15, 0.2) is 0 Å². The highest BCUT2D eigenvalue weighted by Gasteiger charge is 2.42. The van der Waals surface area contributed by atoms with Crippen LogP contribution in [0.4, 0.5) is 0 Å². The maximum atomic E-state index is 2.54. The molecule has 0 amide bonds. The van der Waals surface area contributed by atoms with Crippen LogP contribution in [0.1, 0.15) is 34.1 Å². The maximum Gasteiger partial charge on any atom is 0.0988 e. The van der Waals surface area contributed by atoms with Gasteiger partial charge in [-0.2, -0.15) is 0 Å². The van der Waals surface area contributed by atoms with Crippen LogP contribution in [-0.2, 0) is 0 Å². The molecule has 0 saturated carbocycles. The minimum Gasteiger partial charge on any atom is -0.0767 e. The Hall–Kier alpha value is -1.39. The molecule has 1 aromatic rings. The molecule has 0 fully saturated rings. The summed E-state index contributed by atoms with van der Waals surface area (Å²) in [5.41, 5.74) is 6.30. The molecule has 120 valence electrons. The van der Waals surface area contributed by atoms with Crippen molar-refractivity contribution in [1.82, 2.24) is 0 Å². The average molecular weight is 323 g/mol. The van der Waals surface area contributed by atoms with Gasteiger partial charge in [-0.3, -0.25) is 0 Å². The van der Waals surface area contributed by atoms with E-state index in [0.29, 0.717) is 5.92 Å². The number of rotatable bonds is 4. The molecule has 2 aliphatic rings. The highest BCUT2D eigenvalue weighted by Crippen LogP contribution is 2.65. The van der Waals surface area contributed by atoms with E-state index in [-0.39, 0.29) is 0 Å². The lowest BCUT2D eigenvalue weighted by Gasteiger charge is -2.27. The molecule has 2 unspecified atom stereocenters. The molecule has 2 atom stereocenters. The summed E-state index contributed by atoms with van der Waals surface area (Å²) in [6.45, 7) is 11.9. The minimum atomic E-state index is -1.33. The molecule has 3 rings (SSSR count). The summed E-state index contributed by atoms with van der Waals surface area (Å²) in [5.74, 6) is 0.605. The first-order valence-corrected chi connectivity index (χ1v) is 11.0. The van der Waals surface area contributed by atoms with Crippen molar-refractivity contribution in [2.24, 2.45) is 5.92 Å². The zero-order valence-corrected chi connectivity index (χ0v) is 16.0. The van der Waals surface area contributed by atoms with E-state index < -0.39 is 7.26 Å². The highest BCUT2D eigenvalue weighted by molar-refractivity contribution is 7.86. The Morgan fingerprint density at radius 2 is 1.74 bits per heavy atom. The number of hydrogen-bond donors (Lipinski definition) is 0. The van der Waals surface area contributed by atoms with E-state index in [1.165, 1.54) is 11.7 Å². The SMILES string of the molecule is CC1=C(C)C(C)C(C[P+](C)(C2=CC=CC2)c2ccccc2)=C1C. The number of benzene rings is 1. The van der Waals surface area contributed by atoms with Crippen LogP contribution in [0.2, 0.25) is 0 Å². The Kier molecular flexibility index (Phi) is 4.47. The minimum absolute atomic E-state index is 0.605. The van der Waals surface area contributed by atoms with E-state index in [9.17, 15) is 0 Å². The van der Waals surface area contributed by atoms with Crippen molar-refractivity contribution in [3.05, 3.63) is 76.2 Å². The van der Waals surface area contributed by atoms with Crippen molar-refractivity contribution in [3.63, 3.8) is 0 Å². The quantitative estimate of drug-likeness (QED) is 0.587. The first-order chi connectivity index (χ1) is 10.9. The summed E-state index contributed by atoms with van der Waals surface area (Å²) < 4.78 is 0. The Morgan fingerprint density at radius 3 is 2.26 bits per heavy atom. The lowest BCUT2D eigenvalue weighted by Crippen LogP contribution is -2.18. The van der Waals surface area contributed by atoms with Crippen molar-refractivity contribution in [2.45, 2.75) is 34.1 Å². The Labute approximate surface area is 142 Å². The van der Waals surface area contributed by atoms with Crippen LogP contribution < -0.4 is 5.30 Å². The normalized spacial score (nSPS) is 23.5. The van der Waals surface area contributed by atoms with Gasteiger partial charge in [-0.25, -0.2) is 0 Å². The molecule has 0 nitrogen and oxygen atoms in total. The molecule has 2 aliphatic carbocycles. The summed E-state index contributed by atoms with van der Waals surface area (Å²) in [4.78, 5) is 0. The average Bonchev–Trinajstić information content (AvgIpc) is 3.17. The summed E-state index contributed by atoms with van der Waals surface area (Å²) in [6, 6.07) is 11.2. The maximum absolute atomic E-state index is 2.54. The number of allylic oxidation sites excluding steroid dienone is 8. The van der Waals surface area contributed by atoms with Gasteiger partial charge in [0.25, 0.3) is 0 Å². The zero-order valence-electron chi connectivity index (χ0n) is 15.1. The van der Waals surface area contributed by atoms with Gasteiger partial charge in [-0.15, -0.1) is 0 Å². The molecule has 0 radical (unpaired) electrons. The molecule has 0 heterocycles. The molecule has 0 saturated heterocycles. The molecule has 0 bridgehead atoms. The third kappa shape index (κ3) is 2.79. The fourth-order valence-electron chi connectivity index (χ4n) is 3.96. The molecule has 0 aromatic heterocycles. The van der Waals surface area contributed by atoms with E-state index in [1.54, 1.807) is 27.3 Å². The van der Waals surface area contributed by atoms with E-state index in [0.717, 1.165) is 6.42 Å². The third-order valence-electron chi connectivity index (χ3n) is 6.01.